The van der Waals surface area contributed by atoms with Gasteiger partial charge in [0, 0.05) is 10.5 Å². The van der Waals surface area contributed by atoms with Gasteiger partial charge in [0.15, 0.2) is 5.75 Å². The van der Waals surface area contributed by atoms with E-state index < -0.39 is 11.8 Å². The number of carbonyl (C=O) groups is 1. The van der Waals surface area contributed by atoms with Crippen molar-refractivity contribution in [3.63, 3.8) is 0 Å². The maximum absolute atomic E-state index is 13.2. The largest absolute Gasteiger partial charge is 0.478 e. The van der Waals surface area contributed by atoms with Crippen molar-refractivity contribution >= 4 is 27.6 Å². The Morgan fingerprint density at radius 3 is 2.68 bits per heavy atom. The zero-order valence-corrected chi connectivity index (χ0v) is 11.1. The van der Waals surface area contributed by atoms with Crippen LogP contribution in [0.5, 0.6) is 11.5 Å². The van der Waals surface area contributed by atoms with Crippen molar-refractivity contribution in [2.24, 2.45) is 0 Å². The van der Waals surface area contributed by atoms with Gasteiger partial charge >= 0.3 is 5.97 Å². The number of para-hydroxylation sites is 1. The summed E-state index contributed by atoms with van der Waals surface area (Å²) in [4.78, 5) is 11.1. The van der Waals surface area contributed by atoms with Crippen molar-refractivity contribution in [1.29, 1.82) is 0 Å². The highest BCUT2D eigenvalue weighted by Crippen LogP contribution is 2.32. The molecule has 0 saturated heterocycles. The third kappa shape index (κ3) is 3.03. The highest BCUT2D eigenvalue weighted by Gasteiger charge is 2.15. The molecule has 0 heterocycles. The van der Waals surface area contributed by atoms with Crippen LogP contribution in [0.1, 0.15) is 10.4 Å². The monoisotopic (exact) mass is 325 g/mol. The van der Waals surface area contributed by atoms with Gasteiger partial charge in [-0.25, -0.2) is 9.18 Å². The fourth-order valence-electron chi connectivity index (χ4n) is 1.54. The number of rotatable bonds is 3. The number of carboxylic acid groups (broad SMARTS) is 1. The maximum Gasteiger partial charge on any atom is 0.339 e. The first kappa shape index (κ1) is 13.4. The summed E-state index contributed by atoms with van der Waals surface area (Å²) >= 11 is 3.12. The lowest BCUT2D eigenvalue weighted by atomic mass is 10.1. The lowest BCUT2D eigenvalue weighted by Crippen LogP contribution is -2.03. The molecule has 0 bridgehead atoms. The number of carboxylic acids is 1. The van der Waals surface area contributed by atoms with Gasteiger partial charge in [0.05, 0.1) is 5.69 Å². The van der Waals surface area contributed by atoms with Crippen LogP contribution in [0.3, 0.4) is 0 Å². The third-order valence-electron chi connectivity index (χ3n) is 2.33. The number of nitrogens with two attached hydrogens (primary N) is 1. The zero-order valence-electron chi connectivity index (χ0n) is 9.56. The summed E-state index contributed by atoms with van der Waals surface area (Å²) in [7, 11) is 0. The van der Waals surface area contributed by atoms with E-state index in [1.807, 2.05) is 0 Å². The van der Waals surface area contributed by atoms with Crippen LogP contribution in [-0.4, -0.2) is 11.1 Å². The molecule has 0 aromatic heterocycles. The second kappa shape index (κ2) is 5.27. The Balaban J connectivity index is 2.45. The summed E-state index contributed by atoms with van der Waals surface area (Å²) in [6.45, 7) is 0. The molecule has 0 radical (unpaired) electrons. The number of anilines is 1. The fraction of sp³-hybridized carbons (Fsp3) is 0. The molecule has 6 heteroatoms. The molecule has 0 spiro atoms. The predicted octanol–water partition coefficient (Wildman–Crippen LogP) is 3.66. The smallest absolute Gasteiger partial charge is 0.339 e. The first-order valence-electron chi connectivity index (χ1n) is 5.23. The SMILES string of the molecule is Nc1cccc(C(=O)O)c1Oc1cc(F)cc(Br)c1. The molecule has 0 aliphatic heterocycles. The van der Waals surface area contributed by atoms with E-state index in [9.17, 15) is 9.18 Å². The van der Waals surface area contributed by atoms with Gasteiger partial charge in [-0.3, -0.25) is 0 Å². The summed E-state index contributed by atoms with van der Waals surface area (Å²) in [5.41, 5.74) is 5.77. The minimum Gasteiger partial charge on any atom is -0.478 e. The number of ether oxygens (including phenoxy) is 1. The van der Waals surface area contributed by atoms with Crippen molar-refractivity contribution < 1.29 is 19.0 Å². The van der Waals surface area contributed by atoms with Crippen LogP contribution in [0.15, 0.2) is 40.9 Å². The summed E-state index contributed by atoms with van der Waals surface area (Å²) in [5.74, 6) is -1.52. The molecule has 98 valence electrons. The van der Waals surface area contributed by atoms with Crippen LogP contribution in [0.25, 0.3) is 0 Å². The van der Waals surface area contributed by atoms with Gasteiger partial charge in [-0.15, -0.1) is 0 Å². The summed E-state index contributed by atoms with van der Waals surface area (Å²) in [6.07, 6.45) is 0. The third-order valence-corrected chi connectivity index (χ3v) is 2.79. The molecule has 0 atom stereocenters. The number of nitrogen functional groups attached to an aromatic ring is 1. The van der Waals surface area contributed by atoms with Gasteiger partial charge in [-0.1, -0.05) is 22.0 Å². The molecule has 0 saturated carbocycles. The zero-order chi connectivity index (χ0) is 14.0. The highest BCUT2D eigenvalue weighted by atomic mass is 79.9. The van der Waals surface area contributed by atoms with E-state index in [1.54, 1.807) is 0 Å². The van der Waals surface area contributed by atoms with E-state index in [1.165, 1.54) is 30.3 Å². The molecule has 2 aromatic rings. The predicted molar refractivity (Wildman–Crippen MR) is 72.0 cm³/mol. The molecule has 2 rings (SSSR count). The number of benzene rings is 2. The molecule has 19 heavy (non-hydrogen) atoms. The van der Waals surface area contributed by atoms with Crippen LogP contribution in [0.4, 0.5) is 10.1 Å². The van der Waals surface area contributed by atoms with Gasteiger partial charge in [-0.2, -0.15) is 0 Å². The molecule has 2 aromatic carbocycles. The summed E-state index contributed by atoms with van der Waals surface area (Å²) in [6, 6.07) is 8.30. The van der Waals surface area contributed by atoms with Gasteiger partial charge in [-0.05, 0) is 24.3 Å². The lowest BCUT2D eigenvalue weighted by Gasteiger charge is -2.11. The quantitative estimate of drug-likeness (QED) is 0.844. The standard InChI is InChI=1S/C13H9BrFNO3/c14-7-4-8(15)6-9(5-7)19-12-10(13(17)18)2-1-3-11(12)16/h1-6H,16H2,(H,17,18). The van der Waals surface area contributed by atoms with E-state index in [2.05, 4.69) is 15.9 Å². The van der Waals surface area contributed by atoms with E-state index in [0.29, 0.717) is 4.47 Å². The second-order valence-electron chi connectivity index (χ2n) is 3.74. The highest BCUT2D eigenvalue weighted by molar-refractivity contribution is 9.10. The Hall–Kier alpha value is -2.08. The van der Waals surface area contributed by atoms with Crippen LogP contribution in [0.2, 0.25) is 0 Å². The molecule has 0 unspecified atom stereocenters. The van der Waals surface area contributed by atoms with Gasteiger partial charge in [0.2, 0.25) is 0 Å². The Bertz CT molecular complexity index is 626. The van der Waals surface area contributed by atoms with Gasteiger partial charge in [0.25, 0.3) is 0 Å². The average Bonchev–Trinajstić information content (AvgIpc) is 2.30. The van der Waals surface area contributed by atoms with Crippen molar-refractivity contribution in [1.82, 2.24) is 0 Å². The molecule has 4 nitrogen and oxygen atoms in total. The molecular formula is C13H9BrFNO3. The second-order valence-corrected chi connectivity index (χ2v) is 4.65. The summed E-state index contributed by atoms with van der Waals surface area (Å²) in [5, 5.41) is 9.06. The van der Waals surface area contributed by atoms with Gasteiger partial charge in [0.1, 0.15) is 17.1 Å². The van der Waals surface area contributed by atoms with Crippen molar-refractivity contribution in [3.8, 4) is 11.5 Å². The van der Waals surface area contributed by atoms with E-state index in [0.717, 1.165) is 6.07 Å². The van der Waals surface area contributed by atoms with Crippen LogP contribution in [-0.2, 0) is 0 Å². The van der Waals surface area contributed by atoms with Crippen LogP contribution < -0.4 is 10.5 Å². The number of aromatic carboxylic acids is 1. The first-order valence-corrected chi connectivity index (χ1v) is 6.02. The molecule has 0 fully saturated rings. The molecule has 0 amide bonds. The van der Waals surface area contributed by atoms with Crippen LogP contribution >= 0.6 is 15.9 Å². The van der Waals surface area contributed by atoms with E-state index >= 15 is 0 Å². The fourth-order valence-corrected chi connectivity index (χ4v) is 1.99. The molecular weight excluding hydrogens is 317 g/mol. The molecule has 0 aliphatic rings. The lowest BCUT2D eigenvalue weighted by molar-refractivity contribution is 0.0694. The first-order chi connectivity index (χ1) is 8.97. The van der Waals surface area contributed by atoms with E-state index in [4.69, 9.17) is 15.6 Å². The van der Waals surface area contributed by atoms with Gasteiger partial charge < -0.3 is 15.6 Å². The van der Waals surface area contributed by atoms with E-state index in [-0.39, 0.29) is 22.7 Å². The van der Waals surface area contributed by atoms with Crippen molar-refractivity contribution in [3.05, 3.63) is 52.3 Å². The average molecular weight is 326 g/mol. The van der Waals surface area contributed by atoms with Crippen molar-refractivity contribution in [2.75, 3.05) is 5.73 Å². The Labute approximate surface area is 116 Å². The minimum absolute atomic E-state index is 0.00694. The van der Waals surface area contributed by atoms with Crippen LogP contribution in [0, 0.1) is 5.82 Å². The maximum atomic E-state index is 13.2. The Kier molecular flexibility index (Phi) is 3.71. The number of hydrogen-bond acceptors (Lipinski definition) is 3. The topological polar surface area (TPSA) is 72.6 Å². The minimum atomic E-state index is -1.17. The molecule has 0 aliphatic carbocycles. The molecule has 3 N–H and O–H groups in total. The number of hydrogen-bond donors (Lipinski definition) is 2. The number of halogens is 2. The normalized spacial score (nSPS) is 10.2. The Morgan fingerprint density at radius 1 is 1.32 bits per heavy atom. The Morgan fingerprint density at radius 2 is 2.05 bits per heavy atom. The van der Waals surface area contributed by atoms with Crippen molar-refractivity contribution in [2.45, 2.75) is 0 Å². The summed E-state index contributed by atoms with van der Waals surface area (Å²) < 4.78 is 19.1.